The topological polar surface area (TPSA) is 89.0 Å². The van der Waals surface area contributed by atoms with E-state index in [9.17, 15) is 14.7 Å². The number of aromatic nitrogens is 1. The molecule has 0 spiro atoms. The number of benzene rings is 2. The van der Waals surface area contributed by atoms with Gasteiger partial charge in [0.1, 0.15) is 23.1 Å². The third-order valence-electron chi connectivity index (χ3n) is 5.14. The first-order chi connectivity index (χ1) is 15.0. The summed E-state index contributed by atoms with van der Waals surface area (Å²) < 4.78 is 10.4. The fourth-order valence-electron chi connectivity index (χ4n) is 3.57. The molecular weight excluding hydrogens is 396 g/mol. The number of carbonyl (C=O) groups excluding carboxylic acids is 2. The molecule has 1 N–H and O–H groups in total. The second kappa shape index (κ2) is 8.31. The van der Waals surface area contributed by atoms with E-state index < -0.39 is 17.7 Å². The predicted octanol–water partition coefficient (Wildman–Crippen LogP) is 3.73. The van der Waals surface area contributed by atoms with Gasteiger partial charge in [0.2, 0.25) is 0 Å². The summed E-state index contributed by atoms with van der Waals surface area (Å²) in [6.07, 6.45) is 1.54. The molecule has 1 fully saturated rings. The van der Waals surface area contributed by atoms with Crippen LogP contribution in [0.5, 0.6) is 11.5 Å². The van der Waals surface area contributed by atoms with Gasteiger partial charge in [0, 0.05) is 11.8 Å². The number of carbonyl (C=O) groups is 2. The number of hydrogen-bond donors (Lipinski definition) is 1. The Labute approximate surface area is 179 Å². The normalized spacial score (nSPS) is 17.6. The lowest BCUT2D eigenvalue weighted by Gasteiger charge is -2.24. The molecule has 1 saturated heterocycles. The zero-order chi connectivity index (χ0) is 22.0. The Morgan fingerprint density at radius 1 is 0.903 bits per heavy atom. The van der Waals surface area contributed by atoms with E-state index in [2.05, 4.69) is 4.98 Å². The van der Waals surface area contributed by atoms with Crippen LogP contribution in [0, 0.1) is 0 Å². The van der Waals surface area contributed by atoms with Crippen LogP contribution in [0.25, 0.3) is 5.76 Å². The van der Waals surface area contributed by atoms with Crippen molar-refractivity contribution in [2.45, 2.75) is 6.04 Å². The number of ketones is 1. The van der Waals surface area contributed by atoms with Gasteiger partial charge in [0.15, 0.2) is 0 Å². The number of ether oxygens (including phenoxy) is 2. The highest BCUT2D eigenvalue weighted by atomic mass is 16.5. The molecular formula is C24H20N2O5. The Balaban J connectivity index is 1.90. The number of amides is 1. The van der Waals surface area contributed by atoms with Crippen molar-refractivity contribution in [2.24, 2.45) is 0 Å². The number of methoxy groups -OCH3 is 2. The Hall–Kier alpha value is -4.13. The van der Waals surface area contributed by atoms with Crippen LogP contribution in [-0.4, -0.2) is 36.0 Å². The number of pyridine rings is 1. The van der Waals surface area contributed by atoms with Crippen molar-refractivity contribution in [1.82, 2.24) is 4.98 Å². The van der Waals surface area contributed by atoms with Crippen molar-refractivity contribution >= 4 is 23.3 Å². The zero-order valence-corrected chi connectivity index (χ0v) is 17.0. The smallest absolute Gasteiger partial charge is 0.301 e. The lowest BCUT2D eigenvalue weighted by molar-refractivity contribution is -0.132. The van der Waals surface area contributed by atoms with Crippen LogP contribution >= 0.6 is 0 Å². The monoisotopic (exact) mass is 416 g/mol. The van der Waals surface area contributed by atoms with Crippen LogP contribution in [0.3, 0.4) is 0 Å². The van der Waals surface area contributed by atoms with Gasteiger partial charge in [-0.1, -0.05) is 18.2 Å². The lowest BCUT2D eigenvalue weighted by Crippen LogP contribution is -2.30. The Bertz CT molecular complexity index is 1140. The first kappa shape index (κ1) is 20.2. The molecule has 4 rings (SSSR count). The van der Waals surface area contributed by atoms with Gasteiger partial charge in [-0.25, -0.2) is 4.98 Å². The van der Waals surface area contributed by atoms with Crippen LogP contribution < -0.4 is 14.4 Å². The molecule has 0 bridgehead atoms. The minimum atomic E-state index is -0.845. The van der Waals surface area contributed by atoms with Crippen LogP contribution in [0.2, 0.25) is 0 Å². The molecule has 0 unspecified atom stereocenters. The number of aliphatic hydroxyl groups excluding tert-OH is 1. The Morgan fingerprint density at radius 2 is 1.52 bits per heavy atom. The van der Waals surface area contributed by atoms with E-state index in [0.29, 0.717) is 28.4 Å². The van der Waals surface area contributed by atoms with E-state index in [0.717, 1.165) is 0 Å². The number of aliphatic hydroxyl groups is 1. The number of hydrogen-bond acceptors (Lipinski definition) is 6. The Morgan fingerprint density at radius 3 is 2.06 bits per heavy atom. The molecule has 0 aliphatic carbocycles. The maximum absolute atomic E-state index is 13.0. The number of anilines is 1. The molecule has 2 heterocycles. The Kier molecular flexibility index (Phi) is 5.41. The van der Waals surface area contributed by atoms with Crippen LogP contribution in [0.15, 0.2) is 78.5 Å². The molecule has 1 amide bonds. The highest BCUT2D eigenvalue weighted by Gasteiger charge is 2.47. The summed E-state index contributed by atoms with van der Waals surface area (Å²) in [7, 11) is 3.09. The summed E-state index contributed by atoms with van der Waals surface area (Å²) in [6, 6.07) is 17.9. The number of nitrogens with zero attached hydrogens (tertiary/aromatic N) is 2. The first-order valence-corrected chi connectivity index (χ1v) is 9.55. The van der Waals surface area contributed by atoms with Crippen LogP contribution in [0.4, 0.5) is 5.82 Å². The maximum atomic E-state index is 13.0. The molecule has 156 valence electrons. The SMILES string of the molecule is COc1ccc(C(O)=C2C(=O)C(=O)N(c3ccccn3)[C@H]2c2ccc(OC)cc2)cc1. The number of rotatable bonds is 5. The maximum Gasteiger partial charge on any atom is 0.301 e. The molecule has 1 atom stereocenters. The summed E-state index contributed by atoms with van der Waals surface area (Å²) in [6.45, 7) is 0. The van der Waals surface area contributed by atoms with E-state index in [-0.39, 0.29) is 11.3 Å². The van der Waals surface area contributed by atoms with E-state index in [1.54, 1.807) is 80.0 Å². The van der Waals surface area contributed by atoms with E-state index >= 15 is 0 Å². The fourth-order valence-corrected chi connectivity index (χ4v) is 3.57. The molecule has 31 heavy (non-hydrogen) atoms. The molecule has 1 aliphatic heterocycles. The summed E-state index contributed by atoms with van der Waals surface area (Å²) in [5, 5.41) is 11.1. The third kappa shape index (κ3) is 3.61. The van der Waals surface area contributed by atoms with E-state index in [1.165, 1.54) is 12.0 Å². The molecule has 2 aromatic carbocycles. The zero-order valence-electron chi connectivity index (χ0n) is 17.0. The van der Waals surface area contributed by atoms with Crippen molar-refractivity contribution in [1.29, 1.82) is 0 Å². The molecule has 3 aromatic rings. The highest BCUT2D eigenvalue weighted by molar-refractivity contribution is 6.51. The average Bonchev–Trinajstić information content (AvgIpc) is 3.09. The van der Waals surface area contributed by atoms with Gasteiger partial charge in [0.25, 0.3) is 5.78 Å². The van der Waals surface area contributed by atoms with Crippen LogP contribution in [-0.2, 0) is 9.59 Å². The second-order valence-electron chi connectivity index (χ2n) is 6.86. The van der Waals surface area contributed by atoms with Crippen molar-refractivity contribution in [3.63, 3.8) is 0 Å². The quantitative estimate of drug-likeness (QED) is 0.387. The molecule has 0 saturated carbocycles. The fraction of sp³-hybridized carbons (Fsp3) is 0.125. The van der Waals surface area contributed by atoms with E-state index in [1.807, 2.05) is 0 Å². The van der Waals surface area contributed by atoms with Gasteiger partial charge >= 0.3 is 5.91 Å². The van der Waals surface area contributed by atoms with Crippen molar-refractivity contribution in [3.8, 4) is 11.5 Å². The molecule has 7 nitrogen and oxygen atoms in total. The van der Waals surface area contributed by atoms with Gasteiger partial charge in [-0.05, 0) is 54.1 Å². The standard InChI is InChI=1S/C24H20N2O5/c1-30-17-10-6-15(7-11-17)21-20(22(27)16-8-12-18(31-2)13-9-16)23(28)24(29)26(21)19-5-3-4-14-25-19/h3-14,21,27H,1-2H3/t21-/m0/s1. The molecule has 1 aliphatic rings. The van der Waals surface area contributed by atoms with Gasteiger partial charge in [-0.2, -0.15) is 0 Å². The third-order valence-corrected chi connectivity index (χ3v) is 5.14. The van der Waals surface area contributed by atoms with Crippen LogP contribution in [0.1, 0.15) is 17.2 Å². The van der Waals surface area contributed by atoms with Gasteiger partial charge in [-0.15, -0.1) is 0 Å². The summed E-state index contributed by atoms with van der Waals surface area (Å²) in [5.74, 6) is -0.236. The van der Waals surface area contributed by atoms with Crippen molar-refractivity contribution in [2.75, 3.05) is 19.1 Å². The number of Topliss-reactive ketones (excluding diaryl/α,β-unsaturated/α-hetero) is 1. The second-order valence-corrected chi connectivity index (χ2v) is 6.86. The minimum Gasteiger partial charge on any atom is -0.507 e. The van der Waals surface area contributed by atoms with Gasteiger partial charge < -0.3 is 14.6 Å². The molecule has 7 heteroatoms. The largest absolute Gasteiger partial charge is 0.507 e. The van der Waals surface area contributed by atoms with E-state index in [4.69, 9.17) is 9.47 Å². The lowest BCUT2D eigenvalue weighted by atomic mass is 9.95. The summed E-state index contributed by atoms with van der Waals surface area (Å²) >= 11 is 0. The summed E-state index contributed by atoms with van der Waals surface area (Å²) in [4.78, 5) is 31.6. The van der Waals surface area contributed by atoms with Crippen molar-refractivity contribution < 1.29 is 24.2 Å². The molecule has 0 radical (unpaired) electrons. The van der Waals surface area contributed by atoms with Crippen molar-refractivity contribution in [3.05, 3.63) is 89.6 Å². The first-order valence-electron chi connectivity index (χ1n) is 9.55. The highest BCUT2D eigenvalue weighted by Crippen LogP contribution is 2.41. The minimum absolute atomic E-state index is 0.00835. The summed E-state index contributed by atoms with van der Waals surface area (Å²) in [5.41, 5.74) is 1.03. The molecule has 1 aromatic heterocycles. The van der Waals surface area contributed by atoms with Gasteiger partial charge in [0.05, 0.1) is 25.8 Å². The predicted molar refractivity (Wildman–Crippen MR) is 115 cm³/mol. The average molecular weight is 416 g/mol. The van der Waals surface area contributed by atoms with Gasteiger partial charge in [-0.3, -0.25) is 14.5 Å².